The van der Waals surface area contributed by atoms with Gasteiger partial charge in [-0.1, -0.05) is 13.3 Å². The number of hydrogen-bond donors (Lipinski definition) is 1. The fourth-order valence-electron chi connectivity index (χ4n) is 2.54. The van der Waals surface area contributed by atoms with Gasteiger partial charge in [-0.3, -0.25) is 4.90 Å². The first-order chi connectivity index (χ1) is 8.67. The summed E-state index contributed by atoms with van der Waals surface area (Å²) >= 11 is 0. The molecule has 1 heterocycles. The topological polar surface area (TPSA) is 15.3 Å². The standard InChI is InChI=1S/C14H20F2N2/c1-2-3-14-10-18(5-4-17-14)9-11-6-12(15)8-13(16)7-11/h6-8,14,17H,2-5,9-10H2,1H3. The number of benzene rings is 1. The van der Waals surface area contributed by atoms with Gasteiger partial charge in [0.05, 0.1) is 0 Å². The van der Waals surface area contributed by atoms with Gasteiger partial charge in [0.2, 0.25) is 0 Å². The molecule has 1 atom stereocenters. The summed E-state index contributed by atoms with van der Waals surface area (Å²) in [5, 5.41) is 3.47. The minimum absolute atomic E-state index is 0.495. The zero-order chi connectivity index (χ0) is 13.0. The minimum Gasteiger partial charge on any atom is -0.311 e. The predicted octanol–water partition coefficient (Wildman–Crippen LogP) is 2.54. The Morgan fingerprint density at radius 3 is 2.67 bits per heavy atom. The summed E-state index contributed by atoms with van der Waals surface area (Å²) in [6.07, 6.45) is 2.30. The van der Waals surface area contributed by atoms with Gasteiger partial charge < -0.3 is 5.32 Å². The molecule has 0 radical (unpaired) electrons. The molecule has 4 heteroatoms. The van der Waals surface area contributed by atoms with Crippen molar-refractivity contribution in [2.24, 2.45) is 0 Å². The Kier molecular flexibility index (Phi) is 4.66. The highest BCUT2D eigenvalue weighted by Gasteiger charge is 2.18. The van der Waals surface area contributed by atoms with Crippen LogP contribution in [0.3, 0.4) is 0 Å². The SMILES string of the molecule is CCCC1CN(Cc2cc(F)cc(F)c2)CCN1. The van der Waals surface area contributed by atoms with E-state index in [0.717, 1.165) is 38.5 Å². The van der Waals surface area contributed by atoms with E-state index in [2.05, 4.69) is 17.1 Å². The Labute approximate surface area is 107 Å². The molecule has 0 spiro atoms. The maximum absolute atomic E-state index is 13.1. The van der Waals surface area contributed by atoms with Crippen LogP contribution in [-0.4, -0.2) is 30.6 Å². The Hall–Kier alpha value is -1.00. The zero-order valence-electron chi connectivity index (χ0n) is 10.8. The van der Waals surface area contributed by atoms with Crippen LogP contribution in [0, 0.1) is 11.6 Å². The molecular formula is C14H20F2N2. The lowest BCUT2D eigenvalue weighted by molar-refractivity contribution is 0.186. The Morgan fingerprint density at radius 1 is 1.28 bits per heavy atom. The number of piperazine rings is 1. The zero-order valence-corrected chi connectivity index (χ0v) is 10.8. The van der Waals surface area contributed by atoms with Gasteiger partial charge in [-0.2, -0.15) is 0 Å². The van der Waals surface area contributed by atoms with Crippen molar-refractivity contribution in [1.82, 2.24) is 10.2 Å². The fraction of sp³-hybridized carbons (Fsp3) is 0.571. The largest absolute Gasteiger partial charge is 0.311 e. The van der Waals surface area contributed by atoms with Crippen molar-refractivity contribution in [3.05, 3.63) is 35.4 Å². The molecule has 0 bridgehead atoms. The van der Waals surface area contributed by atoms with Crippen LogP contribution in [0.1, 0.15) is 25.3 Å². The first-order valence-electron chi connectivity index (χ1n) is 6.58. The summed E-state index contributed by atoms with van der Waals surface area (Å²) in [4.78, 5) is 2.26. The van der Waals surface area contributed by atoms with E-state index in [4.69, 9.17) is 0 Å². The molecule has 2 nitrogen and oxygen atoms in total. The Morgan fingerprint density at radius 2 is 2.00 bits per heavy atom. The number of rotatable bonds is 4. The molecule has 100 valence electrons. The van der Waals surface area contributed by atoms with Crippen molar-refractivity contribution in [3.63, 3.8) is 0 Å². The predicted molar refractivity (Wildman–Crippen MR) is 68.3 cm³/mol. The molecule has 1 aromatic carbocycles. The first-order valence-corrected chi connectivity index (χ1v) is 6.58. The van der Waals surface area contributed by atoms with Gasteiger partial charge in [0.15, 0.2) is 0 Å². The van der Waals surface area contributed by atoms with Crippen LogP contribution in [0.25, 0.3) is 0 Å². The maximum Gasteiger partial charge on any atom is 0.126 e. The molecule has 1 fully saturated rings. The first kappa shape index (κ1) is 13.4. The van der Waals surface area contributed by atoms with Crippen LogP contribution < -0.4 is 5.32 Å². The van der Waals surface area contributed by atoms with Crippen LogP contribution in [0.15, 0.2) is 18.2 Å². The van der Waals surface area contributed by atoms with E-state index < -0.39 is 11.6 Å². The maximum atomic E-state index is 13.1. The van der Waals surface area contributed by atoms with Crippen molar-refractivity contribution >= 4 is 0 Å². The van der Waals surface area contributed by atoms with E-state index in [0.29, 0.717) is 18.2 Å². The molecule has 0 amide bonds. The van der Waals surface area contributed by atoms with Crippen LogP contribution in [-0.2, 0) is 6.54 Å². The van der Waals surface area contributed by atoms with E-state index in [1.54, 1.807) is 0 Å². The lowest BCUT2D eigenvalue weighted by atomic mass is 10.1. The van der Waals surface area contributed by atoms with Crippen molar-refractivity contribution < 1.29 is 8.78 Å². The highest BCUT2D eigenvalue weighted by atomic mass is 19.1. The van der Waals surface area contributed by atoms with Crippen LogP contribution in [0.5, 0.6) is 0 Å². The van der Waals surface area contributed by atoms with Crippen LogP contribution in [0.2, 0.25) is 0 Å². The summed E-state index contributed by atoms with van der Waals surface area (Å²) in [6.45, 7) is 5.62. The van der Waals surface area contributed by atoms with Crippen molar-refractivity contribution in [1.29, 1.82) is 0 Å². The second-order valence-corrected chi connectivity index (χ2v) is 4.95. The summed E-state index contributed by atoms with van der Waals surface area (Å²) in [5.41, 5.74) is 0.713. The average Bonchev–Trinajstić information content (AvgIpc) is 2.28. The molecule has 1 aliphatic rings. The van der Waals surface area contributed by atoms with Gasteiger partial charge in [0, 0.05) is 38.3 Å². The molecule has 2 rings (SSSR count). The lowest BCUT2D eigenvalue weighted by Crippen LogP contribution is -2.50. The molecule has 1 aromatic rings. The van der Waals surface area contributed by atoms with Crippen molar-refractivity contribution in [2.75, 3.05) is 19.6 Å². The summed E-state index contributed by atoms with van der Waals surface area (Å²) in [6, 6.07) is 4.25. The van der Waals surface area contributed by atoms with Gasteiger partial charge in [0.25, 0.3) is 0 Å². The van der Waals surface area contributed by atoms with Crippen LogP contribution in [0.4, 0.5) is 8.78 Å². The van der Waals surface area contributed by atoms with Crippen molar-refractivity contribution in [2.45, 2.75) is 32.4 Å². The molecule has 1 N–H and O–H groups in total. The molecule has 0 aliphatic carbocycles. The van der Waals surface area contributed by atoms with Gasteiger partial charge in [-0.25, -0.2) is 8.78 Å². The van der Waals surface area contributed by atoms with Crippen LogP contribution >= 0.6 is 0 Å². The average molecular weight is 254 g/mol. The number of nitrogens with one attached hydrogen (secondary N) is 1. The van der Waals surface area contributed by atoms with Gasteiger partial charge >= 0.3 is 0 Å². The second kappa shape index (κ2) is 6.25. The molecule has 0 aromatic heterocycles. The number of nitrogens with zero attached hydrogens (tertiary/aromatic N) is 1. The molecule has 1 unspecified atom stereocenters. The smallest absolute Gasteiger partial charge is 0.126 e. The van der Waals surface area contributed by atoms with E-state index in [9.17, 15) is 8.78 Å². The van der Waals surface area contributed by atoms with E-state index in [1.807, 2.05) is 0 Å². The summed E-state index contributed by atoms with van der Waals surface area (Å²) in [7, 11) is 0. The van der Waals surface area contributed by atoms with Gasteiger partial charge in [-0.15, -0.1) is 0 Å². The van der Waals surface area contributed by atoms with E-state index in [-0.39, 0.29) is 0 Å². The molecule has 18 heavy (non-hydrogen) atoms. The second-order valence-electron chi connectivity index (χ2n) is 4.95. The highest BCUT2D eigenvalue weighted by molar-refractivity contribution is 5.17. The number of halogens is 2. The third-order valence-electron chi connectivity index (χ3n) is 3.31. The minimum atomic E-state index is -0.495. The monoisotopic (exact) mass is 254 g/mol. The summed E-state index contributed by atoms with van der Waals surface area (Å²) in [5.74, 6) is -0.990. The van der Waals surface area contributed by atoms with Gasteiger partial charge in [0.1, 0.15) is 11.6 Å². The van der Waals surface area contributed by atoms with E-state index in [1.165, 1.54) is 12.1 Å². The lowest BCUT2D eigenvalue weighted by Gasteiger charge is -2.33. The Bertz CT molecular complexity index is 373. The third-order valence-corrected chi connectivity index (χ3v) is 3.31. The fourth-order valence-corrected chi connectivity index (χ4v) is 2.54. The highest BCUT2D eigenvalue weighted by Crippen LogP contribution is 2.13. The molecule has 1 saturated heterocycles. The molecular weight excluding hydrogens is 234 g/mol. The quantitative estimate of drug-likeness (QED) is 0.888. The normalized spacial score (nSPS) is 21.2. The molecule has 0 saturated carbocycles. The number of hydrogen-bond acceptors (Lipinski definition) is 2. The third kappa shape index (κ3) is 3.75. The molecule has 1 aliphatic heterocycles. The van der Waals surface area contributed by atoms with Gasteiger partial charge in [-0.05, 0) is 24.1 Å². The summed E-state index contributed by atoms with van der Waals surface area (Å²) < 4.78 is 26.2. The van der Waals surface area contributed by atoms with Crippen molar-refractivity contribution in [3.8, 4) is 0 Å². The van der Waals surface area contributed by atoms with E-state index >= 15 is 0 Å². The Balaban J connectivity index is 1.95.